The maximum absolute atomic E-state index is 13.1. The lowest BCUT2D eigenvalue weighted by Crippen LogP contribution is -2.52. The number of amides is 1. The summed E-state index contributed by atoms with van der Waals surface area (Å²) in [5.74, 6) is 1.52. The summed E-state index contributed by atoms with van der Waals surface area (Å²) in [4.78, 5) is 38.4. The Bertz CT molecular complexity index is 1100. The molecule has 2 aromatic rings. The van der Waals surface area contributed by atoms with Gasteiger partial charge in [-0.15, -0.1) is 0 Å². The summed E-state index contributed by atoms with van der Waals surface area (Å²) in [7, 11) is 0. The van der Waals surface area contributed by atoms with Crippen LogP contribution < -0.4 is 17.1 Å². The van der Waals surface area contributed by atoms with E-state index in [1.54, 1.807) is 33.6 Å². The van der Waals surface area contributed by atoms with Crippen molar-refractivity contribution in [3.63, 3.8) is 0 Å². The maximum atomic E-state index is 13.1. The van der Waals surface area contributed by atoms with Crippen molar-refractivity contribution in [1.82, 2.24) is 13.9 Å². The standard InChI is InChI=1S/C17H14N4O3/c18-14(22)17-10-7-8-9(7)13(17)21-16(24)19(6-4-2-1-3-5-6)15(23)20(21)12(8)11(10)17/h1-5,7-13H,(H2,18,22)/t7-,8-,9-,10+,11-,12+,13-,17+/m0/s1. The Morgan fingerprint density at radius 3 is 2.38 bits per heavy atom. The van der Waals surface area contributed by atoms with Gasteiger partial charge in [0.2, 0.25) is 5.91 Å². The zero-order chi connectivity index (χ0) is 16.1. The van der Waals surface area contributed by atoms with Crippen molar-refractivity contribution in [2.75, 3.05) is 0 Å². The van der Waals surface area contributed by atoms with Crippen molar-refractivity contribution in [2.45, 2.75) is 12.1 Å². The third-order valence-corrected chi connectivity index (χ3v) is 7.60. The lowest BCUT2D eigenvalue weighted by Gasteiger charge is -2.41. The van der Waals surface area contributed by atoms with E-state index in [4.69, 9.17) is 5.73 Å². The van der Waals surface area contributed by atoms with E-state index < -0.39 is 5.41 Å². The van der Waals surface area contributed by atoms with E-state index >= 15 is 0 Å². The molecule has 0 unspecified atom stereocenters. The van der Waals surface area contributed by atoms with Crippen molar-refractivity contribution >= 4 is 5.91 Å². The van der Waals surface area contributed by atoms with Gasteiger partial charge in [-0.3, -0.25) is 4.79 Å². The van der Waals surface area contributed by atoms with Crippen LogP contribution in [0.2, 0.25) is 0 Å². The molecular weight excluding hydrogens is 308 g/mol. The number of benzene rings is 1. The molecule has 3 heterocycles. The number of primary amides is 1. The van der Waals surface area contributed by atoms with Crippen LogP contribution in [0, 0.1) is 35.0 Å². The third-order valence-electron chi connectivity index (χ3n) is 7.60. The van der Waals surface area contributed by atoms with Gasteiger partial charge in [0.05, 0.1) is 23.2 Å². The lowest BCUT2D eigenvalue weighted by molar-refractivity contribution is -0.129. The highest BCUT2D eigenvalue weighted by molar-refractivity contribution is 5.89. The minimum absolute atomic E-state index is 0.0207. The number of carbonyl (C=O) groups excluding carboxylic acids is 1. The van der Waals surface area contributed by atoms with E-state index in [0.717, 1.165) is 0 Å². The SMILES string of the molecule is NC(=O)[C@@]12[C@@H]3[C@H]4[C@H]5[C@H]4[C@@H]1n1c(=O)n(-c4ccccc4)c(=O)n1[C@H]5[C@H]32. The van der Waals surface area contributed by atoms with Gasteiger partial charge in [0, 0.05) is 5.92 Å². The minimum Gasteiger partial charge on any atom is -0.369 e. The topological polar surface area (TPSA) is 92.0 Å². The Balaban J connectivity index is 1.56. The molecule has 0 radical (unpaired) electrons. The predicted molar refractivity (Wildman–Crippen MR) is 81.4 cm³/mol. The fraction of sp³-hybridized carbons (Fsp3) is 0.471. The first-order chi connectivity index (χ1) is 11.6. The van der Waals surface area contributed by atoms with Crippen LogP contribution in [-0.4, -0.2) is 19.8 Å². The Morgan fingerprint density at radius 2 is 1.67 bits per heavy atom. The Morgan fingerprint density at radius 1 is 0.958 bits per heavy atom. The van der Waals surface area contributed by atoms with Crippen molar-refractivity contribution in [1.29, 1.82) is 0 Å². The predicted octanol–water partition coefficient (Wildman–Crippen LogP) is -0.496. The molecule has 7 nitrogen and oxygen atoms in total. The summed E-state index contributed by atoms with van der Waals surface area (Å²) in [6.45, 7) is 0. The first-order valence-corrected chi connectivity index (χ1v) is 8.43. The molecule has 4 saturated carbocycles. The van der Waals surface area contributed by atoms with E-state index in [-0.39, 0.29) is 35.3 Å². The van der Waals surface area contributed by atoms with E-state index in [9.17, 15) is 14.4 Å². The maximum Gasteiger partial charge on any atom is 0.352 e. The van der Waals surface area contributed by atoms with Gasteiger partial charge < -0.3 is 5.73 Å². The molecule has 1 aromatic carbocycles. The van der Waals surface area contributed by atoms with Gasteiger partial charge in [-0.05, 0) is 35.8 Å². The normalized spacial score (nSPS) is 46.8. The average molecular weight is 322 g/mol. The largest absolute Gasteiger partial charge is 0.369 e. The van der Waals surface area contributed by atoms with Gasteiger partial charge in [-0.1, -0.05) is 18.2 Å². The van der Waals surface area contributed by atoms with Crippen LogP contribution in [0.15, 0.2) is 39.9 Å². The van der Waals surface area contributed by atoms with Gasteiger partial charge in [-0.2, -0.15) is 0 Å². The number of nitrogens with zero attached hydrogens (tertiary/aromatic N) is 3. The average Bonchev–Trinajstić information content (AvgIpc) is 3.37. The number of hydrogen-bond acceptors (Lipinski definition) is 3. The van der Waals surface area contributed by atoms with Crippen LogP contribution in [-0.2, 0) is 4.79 Å². The van der Waals surface area contributed by atoms with E-state index in [1.807, 2.05) is 6.07 Å². The van der Waals surface area contributed by atoms with Gasteiger partial charge >= 0.3 is 11.4 Å². The summed E-state index contributed by atoms with van der Waals surface area (Å²) in [5.41, 5.74) is 5.17. The lowest BCUT2D eigenvalue weighted by atomic mass is 9.78. The van der Waals surface area contributed by atoms with Gasteiger partial charge in [0.1, 0.15) is 0 Å². The smallest absolute Gasteiger partial charge is 0.352 e. The van der Waals surface area contributed by atoms with Crippen LogP contribution in [0.5, 0.6) is 0 Å². The molecule has 24 heavy (non-hydrogen) atoms. The molecule has 0 saturated heterocycles. The Labute approximate surface area is 135 Å². The number of aromatic nitrogens is 3. The summed E-state index contributed by atoms with van der Waals surface area (Å²) >= 11 is 0. The fourth-order valence-electron chi connectivity index (χ4n) is 7.16. The molecule has 4 aliphatic carbocycles. The van der Waals surface area contributed by atoms with Crippen LogP contribution in [0.3, 0.4) is 0 Å². The van der Waals surface area contributed by atoms with Gasteiger partial charge in [0.15, 0.2) is 0 Å². The Kier molecular flexibility index (Phi) is 1.50. The quantitative estimate of drug-likeness (QED) is 0.808. The number of nitrogens with two attached hydrogens (primary N) is 1. The second-order valence-electron chi connectivity index (χ2n) is 7.94. The fourth-order valence-corrected chi connectivity index (χ4v) is 7.16. The minimum atomic E-state index is -0.562. The Hall–Kier alpha value is -2.57. The second kappa shape index (κ2) is 3.03. The zero-order valence-corrected chi connectivity index (χ0v) is 12.6. The van der Waals surface area contributed by atoms with E-state index in [2.05, 4.69) is 0 Å². The highest BCUT2D eigenvalue weighted by atomic mass is 16.2. The van der Waals surface area contributed by atoms with Crippen molar-refractivity contribution < 1.29 is 4.79 Å². The molecule has 4 fully saturated rings. The first kappa shape index (κ1) is 11.9. The molecule has 2 bridgehead atoms. The molecule has 2 N–H and O–H groups in total. The van der Waals surface area contributed by atoms with E-state index in [1.165, 1.54) is 4.57 Å². The third kappa shape index (κ3) is 0.825. The molecule has 1 aromatic heterocycles. The molecule has 8 atom stereocenters. The van der Waals surface area contributed by atoms with Crippen molar-refractivity contribution in [3.05, 3.63) is 51.3 Å². The first-order valence-electron chi connectivity index (χ1n) is 8.43. The second-order valence-corrected chi connectivity index (χ2v) is 7.94. The van der Waals surface area contributed by atoms with Crippen molar-refractivity contribution in [3.8, 4) is 5.69 Å². The van der Waals surface area contributed by atoms with Crippen LogP contribution in [0.1, 0.15) is 12.1 Å². The molecule has 2 aliphatic heterocycles. The molecular formula is C17H14N4O3. The molecule has 120 valence electrons. The monoisotopic (exact) mass is 322 g/mol. The van der Waals surface area contributed by atoms with E-state index in [0.29, 0.717) is 29.4 Å². The van der Waals surface area contributed by atoms with Gasteiger partial charge in [0.25, 0.3) is 0 Å². The molecule has 6 aliphatic rings. The summed E-state index contributed by atoms with van der Waals surface area (Å²) < 4.78 is 4.47. The highest BCUT2D eigenvalue weighted by Crippen LogP contribution is 2.96. The molecule has 1 amide bonds. The van der Waals surface area contributed by atoms with Gasteiger partial charge in [-0.25, -0.2) is 23.5 Å². The summed E-state index contributed by atoms with van der Waals surface area (Å²) in [6, 6.07) is 8.74. The summed E-state index contributed by atoms with van der Waals surface area (Å²) in [6.07, 6.45) is 0. The number of para-hydroxylation sites is 1. The summed E-state index contributed by atoms with van der Waals surface area (Å²) in [5, 5.41) is 0. The molecule has 7 heteroatoms. The molecule has 0 spiro atoms. The number of rotatable bonds is 2. The van der Waals surface area contributed by atoms with Crippen LogP contribution in [0.25, 0.3) is 5.69 Å². The number of carbonyl (C=O) groups is 1. The van der Waals surface area contributed by atoms with Crippen molar-refractivity contribution in [2.24, 2.45) is 40.7 Å². The van der Waals surface area contributed by atoms with Crippen LogP contribution in [0.4, 0.5) is 0 Å². The number of hydrogen-bond donors (Lipinski definition) is 1. The highest BCUT2D eigenvalue weighted by Gasteiger charge is 2.99. The zero-order valence-electron chi connectivity index (χ0n) is 12.6. The van der Waals surface area contributed by atoms with Crippen LogP contribution >= 0.6 is 0 Å². The molecule has 8 rings (SSSR count).